The Morgan fingerprint density at radius 2 is 2.33 bits per heavy atom. The van der Waals surface area contributed by atoms with E-state index in [1.54, 1.807) is 6.92 Å². The van der Waals surface area contributed by atoms with Crippen molar-refractivity contribution in [3.8, 4) is 0 Å². The van der Waals surface area contributed by atoms with E-state index in [1.807, 2.05) is 0 Å². The molecule has 54 valence electrons. The van der Waals surface area contributed by atoms with E-state index < -0.39 is 5.85 Å². The number of hydrogen-bond acceptors (Lipinski definition) is 1. The van der Waals surface area contributed by atoms with Gasteiger partial charge in [0.15, 0.2) is 0 Å². The average Bonchev–Trinajstić information content (AvgIpc) is 1.64. The summed E-state index contributed by atoms with van der Waals surface area (Å²) >= 11 is 0. The lowest BCUT2D eigenvalue weighted by Gasteiger charge is -2.17. The highest BCUT2D eigenvalue weighted by atomic mass is 19.2. The summed E-state index contributed by atoms with van der Waals surface area (Å²) in [6.07, 6.45) is 1.76. The minimum Gasteiger partial charge on any atom is -0.346 e. The van der Waals surface area contributed by atoms with Crippen molar-refractivity contribution in [2.75, 3.05) is 6.61 Å². The molecule has 0 fully saturated rings. The van der Waals surface area contributed by atoms with Crippen LogP contribution >= 0.6 is 0 Å². The molecule has 0 spiro atoms. The van der Waals surface area contributed by atoms with Crippen LogP contribution in [0.5, 0.6) is 0 Å². The number of alkyl halides is 1. The van der Waals surface area contributed by atoms with Gasteiger partial charge in [-0.05, 0) is 13.8 Å². The molecular weight excluding hydrogens is 119 g/mol. The van der Waals surface area contributed by atoms with Crippen LogP contribution in [0.4, 0.5) is 4.39 Å². The van der Waals surface area contributed by atoms with Crippen LogP contribution < -0.4 is 0 Å². The highest BCUT2D eigenvalue weighted by Crippen LogP contribution is 2.16. The molecule has 0 saturated heterocycles. The molecule has 0 aliphatic rings. The maximum absolute atomic E-state index is 12.8. The molecule has 0 aromatic carbocycles. The van der Waals surface area contributed by atoms with Crippen LogP contribution in [0.1, 0.15) is 20.3 Å². The average molecular weight is 132 g/mol. The first-order chi connectivity index (χ1) is 4.12. The molecule has 0 saturated carbocycles. The minimum atomic E-state index is -1.52. The second kappa shape index (κ2) is 3.62. The second-order valence-corrected chi connectivity index (χ2v) is 2.03. The summed E-state index contributed by atoms with van der Waals surface area (Å²) < 4.78 is 17.5. The molecule has 0 heterocycles. The van der Waals surface area contributed by atoms with Crippen LogP contribution in [-0.4, -0.2) is 12.5 Å². The van der Waals surface area contributed by atoms with Gasteiger partial charge in [0.25, 0.3) is 0 Å². The molecule has 0 rings (SSSR count). The van der Waals surface area contributed by atoms with E-state index in [0.717, 1.165) is 0 Å². The van der Waals surface area contributed by atoms with E-state index in [9.17, 15) is 4.39 Å². The van der Waals surface area contributed by atoms with Crippen molar-refractivity contribution in [2.45, 2.75) is 26.1 Å². The Hall–Kier alpha value is -0.370. The van der Waals surface area contributed by atoms with Crippen molar-refractivity contribution < 1.29 is 9.13 Å². The van der Waals surface area contributed by atoms with E-state index in [-0.39, 0.29) is 6.42 Å². The molecular formula is C7H13FO. The maximum Gasteiger partial charge on any atom is 0.209 e. The predicted molar refractivity (Wildman–Crippen MR) is 36.0 cm³/mol. The SMILES string of the molecule is C=CCC(C)(F)OCC. The molecule has 0 aromatic heterocycles. The molecule has 1 nitrogen and oxygen atoms in total. The highest BCUT2D eigenvalue weighted by molar-refractivity contribution is 4.75. The van der Waals surface area contributed by atoms with Gasteiger partial charge in [0.05, 0.1) is 0 Å². The highest BCUT2D eigenvalue weighted by Gasteiger charge is 2.19. The van der Waals surface area contributed by atoms with Crippen molar-refractivity contribution in [2.24, 2.45) is 0 Å². The molecule has 9 heavy (non-hydrogen) atoms. The van der Waals surface area contributed by atoms with Gasteiger partial charge in [-0.2, -0.15) is 0 Å². The minimum absolute atomic E-state index is 0.251. The van der Waals surface area contributed by atoms with Gasteiger partial charge < -0.3 is 4.74 Å². The molecule has 0 aliphatic carbocycles. The smallest absolute Gasteiger partial charge is 0.209 e. The summed E-state index contributed by atoms with van der Waals surface area (Å²) in [5.74, 6) is -1.52. The first kappa shape index (κ1) is 8.63. The summed E-state index contributed by atoms with van der Waals surface area (Å²) in [5.41, 5.74) is 0. The monoisotopic (exact) mass is 132 g/mol. The molecule has 1 atom stereocenters. The Morgan fingerprint density at radius 3 is 2.67 bits per heavy atom. The third kappa shape index (κ3) is 4.15. The molecule has 0 aromatic rings. The van der Waals surface area contributed by atoms with Gasteiger partial charge in [-0.15, -0.1) is 6.58 Å². The Labute approximate surface area is 55.5 Å². The summed E-state index contributed by atoms with van der Waals surface area (Å²) in [5, 5.41) is 0. The van der Waals surface area contributed by atoms with E-state index in [0.29, 0.717) is 6.61 Å². The van der Waals surface area contributed by atoms with Crippen molar-refractivity contribution in [3.05, 3.63) is 12.7 Å². The van der Waals surface area contributed by atoms with Crippen LogP contribution in [0.15, 0.2) is 12.7 Å². The number of halogens is 1. The lowest BCUT2D eigenvalue weighted by atomic mass is 10.2. The Kier molecular flexibility index (Phi) is 3.47. The quantitative estimate of drug-likeness (QED) is 0.533. The topological polar surface area (TPSA) is 9.23 Å². The summed E-state index contributed by atoms with van der Waals surface area (Å²) in [4.78, 5) is 0. The lowest BCUT2D eigenvalue weighted by Crippen LogP contribution is -2.21. The lowest BCUT2D eigenvalue weighted by molar-refractivity contribution is -0.123. The molecule has 0 aliphatic heterocycles. The van der Waals surface area contributed by atoms with E-state index in [2.05, 4.69) is 6.58 Å². The van der Waals surface area contributed by atoms with E-state index in [4.69, 9.17) is 4.74 Å². The van der Waals surface area contributed by atoms with Gasteiger partial charge >= 0.3 is 0 Å². The third-order valence-corrected chi connectivity index (χ3v) is 0.954. The van der Waals surface area contributed by atoms with E-state index in [1.165, 1.54) is 13.0 Å². The molecule has 1 unspecified atom stereocenters. The standard InChI is InChI=1S/C7H13FO/c1-4-6-7(3,8)9-5-2/h4H,1,5-6H2,2-3H3. The van der Waals surface area contributed by atoms with Gasteiger partial charge in [-0.3, -0.25) is 0 Å². The first-order valence-electron chi connectivity index (χ1n) is 3.06. The zero-order valence-corrected chi connectivity index (χ0v) is 5.98. The predicted octanol–water partition coefficient (Wildman–Crippen LogP) is 2.28. The van der Waals surface area contributed by atoms with Gasteiger partial charge in [-0.25, -0.2) is 4.39 Å². The number of rotatable bonds is 4. The largest absolute Gasteiger partial charge is 0.346 e. The van der Waals surface area contributed by atoms with Crippen LogP contribution in [0.3, 0.4) is 0 Å². The van der Waals surface area contributed by atoms with Crippen molar-refractivity contribution >= 4 is 0 Å². The van der Waals surface area contributed by atoms with Gasteiger partial charge in [-0.1, -0.05) is 6.08 Å². The molecule has 0 radical (unpaired) electrons. The van der Waals surface area contributed by atoms with Crippen LogP contribution in [0.25, 0.3) is 0 Å². The summed E-state index contributed by atoms with van der Waals surface area (Å²) in [7, 11) is 0. The first-order valence-corrected chi connectivity index (χ1v) is 3.06. The van der Waals surface area contributed by atoms with Crippen LogP contribution in [0.2, 0.25) is 0 Å². The zero-order valence-electron chi connectivity index (χ0n) is 5.98. The molecule has 0 amide bonds. The van der Waals surface area contributed by atoms with Crippen molar-refractivity contribution in [1.82, 2.24) is 0 Å². The summed E-state index contributed by atoms with van der Waals surface area (Å²) in [6, 6.07) is 0. The Morgan fingerprint density at radius 1 is 1.78 bits per heavy atom. The maximum atomic E-state index is 12.8. The fourth-order valence-electron chi connectivity index (χ4n) is 0.618. The van der Waals surface area contributed by atoms with E-state index >= 15 is 0 Å². The zero-order chi connectivity index (χ0) is 7.33. The Balaban J connectivity index is 3.55. The van der Waals surface area contributed by atoms with Crippen molar-refractivity contribution in [3.63, 3.8) is 0 Å². The van der Waals surface area contributed by atoms with Crippen LogP contribution in [-0.2, 0) is 4.74 Å². The fraction of sp³-hybridized carbons (Fsp3) is 0.714. The fourth-order valence-corrected chi connectivity index (χ4v) is 0.618. The number of ether oxygens (including phenoxy) is 1. The molecule has 2 heteroatoms. The van der Waals surface area contributed by atoms with Gasteiger partial charge in [0, 0.05) is 13.0 Å². The Bertz CT molecular complexity index is 88.9. The third-order valence-electron chi connectivity index (χ3n) is 0.954. The molecule has 0 N–H and O–H groups in total. The summed E-state index contributed by atoms with van der Waals surface area (Å²) in [6.45, 7) is 6.98. The van der Waals surface area contributed by atoms with Crippen molar-refractivity contribution in [1.29, 1.82) is 0 Å². The normalized spacial score (nSPS) is 16.8. The van der Waals surface area contributed by atoms with Gasteiger partial charge in [0.1, 0.15) is 0 Å². The molecule has 0 bridgehead atoms. The van der Waals surface area contributed by atoms with Gasteiger partial charge in [0.2, 0.25) is 5.85 Å². The van der Waals surface area contributed by atoms with Crippen LogP contribution in [0, 0.1) is 0 Å². The number of hydrogen-bond donors (Lipinski definition) is 0. The second-order valence-electron chi connectivity index (χ2n) is 2.03.